The van der Waals surface area contributed by atoms with Crippen LogP contribution in [0.5, 0.6) is 11.5 Å². The third kappa shape index (κ3) is 6.01. The van der Waals surface area contributed by atoms with Gasteiger partial charge in [-0.15, -0.1) is 0 Å². The van der Waals surface area contributed by atoms with E-state index in [0.717, 1.165) is 5.56 Å². The fraction of sp³-hybridized carbons (Fsp3) is 0.308. The molecule has 1 aliphatic rings. The van der Waals surface area contributed by atoms with Crippen molar-refractivity contribution in [1.29, 1.82) is 0 Å². The lowest BCUT2D eigenvalue weighted by Gasteiger charge is -2.28. The highest BCUT2D eigenvalue weighted by Crippen LogP contribution is 2.33. The van der Waals surface area contributed by atoms with Crippen LogP contribution in [0.4, 0.5) is 5.69 Å². The van der Waals surface area contributed by atoms with Crippen molar-refractivity contribution < 1.29 is 28.4 Å². The Bertz CT molecular complexity index is 1240. The van der Waals surface area contributed by atoms with E-state index in [2.05, 4.69) is 0 Å². The molecule has 0 N–H and O–H groups in total. The number of non-ortho nitro benzene ring substituents is 1. The summed E-state index contributed by atoms with van der Waals surface area (Å²) in [5.41, 5.74) is 0.810. The molecule has 0 spiro atoms. The number of hydrogen-bond acceptors (Lipinski definition) is 7. The number of nitro benzene ring substituents is 1. The van der Waals surface area contributed by atoms with Gasteiger partial charge in [-0.1, -0.05) is 26.0 Å². The number of carbonyl (C=O) groups excluding carboxylic acids is 2. The molecule has 1 aliphatic heterocycles. The number of nitrogens with zero attached hydrogens (tertiary/aromatic N) is 3. The van der Waals surface area contributed by atoms with Gasteiger partial charge in [-0.25, -0.2) is 0 Å². The average molecular weight is 494 g/mol. The van der Waals surface area contributed by atoms with Gasteiger partial charge in [0.1, 0.15) is 12.3 Å². The average Bonchev–Trinajstić information content (AvgIpc) is 3.54. The van der Waals surface area contributed by atoms with Crippen molar-refractivity contribution in [1.82, 2.24) is 9.80 Å². The first-order chi connectivity index (χ1) is 17.3. The molecule has 0 saturated heterocycles. The molecule has 0 bridgehead atoms. The first-order valence-electron chi connectivity index (χ1n) is 11.5. The first kappa shape index (κ1) is 24.8. The Morgan fingerprint density at radius 2 is 1.81 bits per heavy atom. The zero-order valence-corrected chi connectivity index (χ0v) is 20.1. The third-order valence-electron chi connectivity index (χ3n) is 5.59. The minimum absolute atomic E-state index is 0.0767. The number of furan rings is 1. The van der Waals surface area contributed by atoms with E-state index in [1.807, 2.05) is 26.0 Å². The van der Waals surface area contributed by atoms with Gasteiger partial charge in [-0.05, 0) is 41.8 Å². The molecule has 2 heterocycles. The van der Waals surface area contributed by atoms with Crippen LogP contribution in [0.25, 0.3) is 0 Å². The Hall–Kier alpha value is -4.34. The van der Waals surface area contributed by atoms with Crippen molar-refractivity contribution >= 4 is 17.5 Å². The Morgan fingerprint density at radius 1 is 1.00 bits per heavy atom. The predicted octanol–water partition coefficient (Wildman–Crippen LogP) is 4.24. The zero-order valence-electron chi connectivity index (χ0n) is 20.1. The maximum Gasteiger partial charge on any atom is 0.270 e. The quantitative estimate of drug-likeness (QED) is 0.306. The van der Waals surface area contributed by atoms with Gasteiger partial charge in [0.25, 0.3) is 11.6 Å². The summed E-state index contributed by atoms with van der Waals surface area (Å²) in [6.45, 7) is 4.61. The van der Waals surface area contributed by atoms with E-state index >= 15 is 0 Å². The fourth-order valence-corrected chi connectivity index (χ4v) is 3.94. The Kier molecular flexibility index (Phi) is 7.53. The van der Waals surface area contributed by atoms with Crippen molar-refractivity contribution in [2.45, 2.75) is 26.9 Å². The van der Waals surface area contributed by atoms with Crippen molar-refractivity contribution in [3.8, 4) is 11.5 Å². The number of carbonyl (C=O) groups is 2. The summed E-state index contributed by atoms with van der Waals surface area (Å²) in [6.07, 6.45) is 1.54. The highest BCUT2D eigenvalue weighted by Gasteiger charge is 2.25. The number of ether oxygens (including phenoxy) is 2. The molecule has 10 nitrogen and oxygen atoms in total. The number of amides is 2. The molecule has 0 saturated carbocycles. The first-order valence-corrected chi connectivity index (χ1v) is 11.5. The summed E-state index contributed by atoms with van der Waals surface area (Å²) in [7, 11) is 0. The SMILES string of the molecule is CC(C)CN(CC(=O)N(Cc1ccc2c(c1)OCO2)Cc1ccco1)C(=O)c1cccc([N+](=O)[O-])c1. The van der Waals surface area contributed by atoms with E-state index in [4.69, 9.17) is 13.9 Å². The number of benzene rings is 2. The summed E-state index contributed by atoms with van der Waals surface area (Å²) in [5.74, 6) is 1.20. The van der Waals surface area contributed by atoms with E-state index in [1.54, 1.807) is 23.1 Å². The largest absolute Gasteiger partial charge is 0.467 e. The maximum absolute atomic E-state index is 13.5. The van der Waals surface area contributed by atoms with Crippen molar-refractivity contribution in [2.24, 2.45) is 5.92 Å². The number of rotatable bonds is 10. The molecular formula is C26H27N3O7. The van der Waals surface area contributed by atoms with E-state index in [1.165, 1.54) is 35.4 Å². The van der Waals surface area contributed by atoms with Crippen molar-refractivity contribution in [3.05, 3.63) is 87.9 Å². The lowest BCUT2D eigenvalue weighted by molar-refractivity contribution is -0.384. The van der Waals surface area contributed by atoms with Gasteiger partial charge in [-0.2, -0.15) is 0 Å². The second-order valence-corrected chi connectivity index (χ2v) is 8.90. The standard InChI is InChI=1S/C26H27N3O7/c1-18(2)13-28(26(31)20-5-3-6-21(12-20)29(32)33)16-25(30)27(15-22-7-4-10-34-22)14-19-8-9-23-24(11-19)36-17-35-23/h3-12,18H,13-17H2,1-2H3. The topological polar surface area (TPSA) is 115 Å². The molecule has 36 heavy (non-hydrogen) atoms. The minimum Gasteiger partial charge on any atom is -0.467 e. The lowest BCUT2D eigenvalue weighted by Crippen LogP contribution is -2.43. The molecule has 0 fully saturated rings. The molecule has 2 aromatic carbocycles. The van der Waals surface area contributed by atoms with Gasteiger partial charge in [0.15, 0.2) is 11.5 Å². The summed E-state index contributed by atoms with van der Waals surface area (Å²) >= 11 is 0. The third-order valence-corrected chi connectivity index (χ3v) is 5.59. The van der Waals surface area contributed by atoms with E-state index < -0.39 is 10.8 Å². The number of hydrogen-bond donors (Lipinski definition) is 0. The second-order valence-electron chi connectivity index (χ2n) is 8.90. The van der Waals surface area contributed by atoms with Gasteiger partial charge < -0.3 is 23.7 Å². The normalized spacial score (nSPS) is 12.0. The number of fused-ring (bicyclic) bond motifs is 1. The van der Waals surface area contributed by atoms with Crippen LogP contribution in [0.2, 0.25) is 0 Å². The molecule has 1 aromatic heterocycles. The molecule has 3 aromatic rings. The molecule has 188 valence electrons. The van der Waals surface area contributed by atoms with Crippen molar-refractivity contribution in [2.75, 3.05) is 19.9 Å². The van der Waals surface area contributed by atoms with Gasteiger partial charge in [-0.3, -0.25) is 19.7 Å². The van der Waals surface area contributed by atoms with E-state index in [0.29, 0.717) is 23.8 Å². The molecule has 0 unspecified atom stereocenters. The van der Waals surface area contributed by atoms with Gasteiger partial charge >= 0.3 is 0 Å². The highest BCUT2D eigenvalue weighted by atomic mass is 16.7. The zero-order chi connectivity index (χ0) is 25.7. The Balaban J connectivity index is 1.56. The van der Waals surface area contributed by atoms with Gasteiger partial charge in [0, 0.05) is 30.8 Å². The molecular weight excluding hydrogens is 466 g/mol. The molecule has 2 amide bonds. The monoisotopic (exact) mass is 493 g/mol. The summed E-state index contributed by atoms with van der Waals surface area (Å²) < 4.78 is 16.3. The van der Waals surface area contributed by atoms with Crippen LogP contribution in [-0.2, 0) is 17.9 Å². The van der Waals surface area contributed by atoms with Gasteiger partial charge in [0.05, 0.1) is 17.7 Å². The van der Waals surface area contributed by atoms with Crippen LogP contribution in [0.15, 0.2) is 65.3 Å². The fourth-order valence-electron chi connectivity index (χ4n) is 3.94. The molecule has 0 atom stereocenters. The van der Waals surface area contributed by atoms with Crippen LogP contribution < -0.4 is 9.47 Å². The molecule has 0 aliphatic carbocycles. The smallest absolute Gasteiger partial charge is 0.270 e. The summed E-state index contributed by atoms with van der Waals surface area (Å²) in [4.78, 5) is 40.5. The molecule has 10 heteroatoms. The van der Waals surface area contributed by atoms with E-state index in [9.17, 15) is 19.7 Å². The molecule has 4 rings (SSSR count). The van der Waals surface area contributed by atoms with E-state index in [-0.39, 0.29) is 49.5 Å². The summed E-state index contributed by atoms with van der Waals surface area (Å²) in [6, 6.07) is 14.5. The van der Waals surface area contributed by atoms with Crippen LogP contribution in [-0.4, -0.2) is 46.4 Å². The Labute approximate surface area is 208 Å². The predicted molar refractivity (Wildman–Crippen MR) is 129 cm³/mol. The summed E-state index contributed by atoms with van der Waals surface area (Å²) in [5, 5.41) is 11.2. The lowest BCUT2D eigenvalue weighted by atomic mass is 10.1. The van der Waals surface area contributed by atoms with Crippen LogP contribution >= 0.6 is 0 Å². The van der Waals surface area contributed by atoms with Gasteiger partial charge in [0.2, 0.25) is 12.7 Å². The maximum atomic E-state index is 13.5. The number of nitro groups is 1. The second kappa shape index (κ2) is 10.9. The van der Waals surface area contributed by atoms with Crippen LogP contribution in [0.1, 0.15) is 35.5 Å². The minimum atomic E-state index is -0.550. The van der Waals surface area contributed by atoms with Crippen molar-refractivity contribution in [3.63, 3.8) is 0 Å². The van der Waals surface area contributed by atoms with Crippen LogP contribution in [0, 0.1) is 16.0 Å². The van der Waals surface area contributed by atoms with Crippen LogP contribution in [0.3, 0.4) is 0 Å². The Morgan fingerprint density at radius 3 is 2.53 bits per heavy atom. The highest BCUT2D eigenvalue weighted by molar-refractivity contribution is 5.97. The molecule has 0 radical (unpaired) electrons.